The van der Waals surface area contributed by atoms with Crippen LogP contribution >= 0.6 is 11.8 Å². The Bertz CT molecular complexity index is 565. The molecule has 96 valence electrons. The van der Waals surface area contributed by atoms with E-state index in [-0.39, 0.29) is 11.2 Å². The number of amides is 1. The monoisotopic (exact) mass is 264 g/mol. The summed E-state index contributed by atoms with van der Waals surface area (Å²) >= 11 is 1.52. The number of thioether (sulfide) groups is 1. The number of nitrogens with one attached hydrogen (secondary N) is 1. The van der Waals surface area contributed by atoms with Crippen molar-refractivity contribution in [1.82, 2.24) is 4.98 Å². The van der Waals surface area contributed by atoms with Gasteiger partial charge in [-0.15, -0.1) is 0 Å². The molecule has 0 fully saturated rings. The molecule has 0 radical (unpaired) electrons. The lowest BCUT2D eigenvalue weighted by Gasteiger charge is -2.09. The fraction of sp³-hybridized carbons (Fsp3) is 0.385. The van der Waals surface area contributed by atoms with Gasteiger partial charge in [-0.05, 0) is 31.4 Å². The second-order valence-corrected chi connectivity index (χ2v) is 5.19. The predicted octanol–water partition coefficient (Wildman–Crippen LogP) is 3.08. The minimum absolute atomic E-state index is 0.000981. The smallest absolute Gasteiger partial charge is 0.237 e. The molecule has 1 aromatic heterocycles. The number of aromatic nitrogens is 1. The normalized spacial score (nSPS) is 12.6. The number of benzene rings is 1. The first-order chi connectivity index (χ1) is 8.63. The SMILES string of the molecule is CCc1nc2cc(NC(=O)C(C)SC)ccc2o1. The lowest BCUT2D eigenvalue weighted by atomic mass is 10.3. The molecule has 0 saturated heterocycles. The number of carbonyl (C=O) groups excluding carboxylic acids is 1. The lowest BCUT2D eigenvalue weighted by molar-refractivity contribution is -0.115. The maximum absolute atomic E-state index is 11.8. The zero-order valence-corrected chi connectivity index (χ0v) is 11.5. The van der Waals surface area contributed by atoms with Gasteiger partial charge < -0.3 is 9.73 Å². The first kappa shape index (κ1) is 13.0. The molecule has 1 unspecified atom stereocenters. The van der Waals surface area contributed by atoms with Crippen molar-refractivity contribution in [3.8, 4) is 0 Å². The summed E-state index contributed by atoms with van der Waals surface area (Å²) in [6.45, 7) is 3.87. The minimum Gasteiger partial charge on any atom is -0.441 e. The van der Waals surface area contributed by atoms with Gasteiger partial charge in [-0.25, -0.2) is 4.98 Å². The van der Waals surface area contributed by atoms with Crippen LogP contribution < -0.4 is 5.32 Å². The van der Waals surface area contributed by atoms with Crippen molar-refractivity contribution in [3.63, 3.8) is 0 Å². The van der Waals surface area contributed by atoms with Crippen LogP contribution in [0, 0.1) is 0 Å². The number of aryl methyl sites for hydroxylation is 1. The van der Waals surface area contributed by atoms with E-state index in [1.807, 2.05) is 38.3 Å². The van der Waals surface area contributed by atoms with Gasteiger partial charge in [0.15, 0.2) is 11.5 Å². The van der Waals surface area contributed by atoms with Gasteiger partial charge in [-0.1, -0.05) is 6.92 Å². The van der Waals surface area contributed by atoms with Gasteiger partial charge in [0.2, 0.25) is 5.91 Å². The molecular weight excluding hydrogens is 248 g/mol. The summed E-state index contributed by atoms with van der Waals surface area (Å²) in [6.07, 6.45) is 2.68. The van der Waals surface area contributed by atoms with Gasteiger partial charge in [0.05, 0.1) is 5.25 Å². The van der Waals surface area contributed by atoms with Crippen LogP contribution in [-0.2, 0) is 11.2 Å². The van der Waals surface area contributed by atoms with Crippen LogP contribution in [0.5, 0.6) is 0 Å². The molecule has 0 aliphatic carbocycles. The first-order valence-corrected chi connectivity index (χ1v) is 7.16. The van der Waals surface area contributed by atoms with E-state index in [0.717, 1.165) is 23.2 Å². The molecule has 0 aliphatic rings. The summed E-state index contributed by atoms with van der Waals surface area (Å²) in [4.78, 5) is 16.1. The molecule has 1 heterocycles. The Labute approximate surface area is 110 Å². The maximum atomic E-state index is 11.8. The van der Waals surface area contributed by atoms with Gasteiger partial charge in [0.1, 0.15) is 5.52 Å². The number of nitrogens with zero attached hydrogens (tertiary/aromatic N) is 1. The van der Waals surface area contributed by atoms with Crippen molar-refractivity contribution in [3.05, 3.63) is 24.1 Å². The molecule has 2 aromatic rings. The van der Waals surface area contributed by atoms with E-state index >= 15 is 0 Å². The Morgan fingerprint density at radius 3 is 3.00 bits per heavy atom. The number of hydrogen-bond donors (Lipinski definition) is 1. The van der Waals surface area contributed by atoms with Gasteiger partial charge in [0, 0.05) is 12.1 Å². The van der Waals surface area contributed by atoms with Crippen molar-refractivity contribution in [2.24, 2.45) is 0 Å². The average Bonchev–Trinajstić information content (AvgIpc) is 2.79. The molecule has 2 rings (SSSR count). The first-order valence-electron chi connectivity index (χ1n) is 5.87. The third-order valence-corrected chi connectivity index (χ3v) is 3.65. The molecule has 1 aromatic carbocycles. The highest BCUT2D eigenvalue weighted by Crippen LogP contribution is 2.21. The van der Waals surface area contributed by atoms with Gasteiger partial charge in [-0.3, -0.25) is 4.79 Å². The maximum Gasteiger partial charge on any atom is 0.237 e. The Balaban J connectivity index is 2.21. The summed E-state index contributed by atoms with van der Waals surface area (Å²) in [5.41, 5.74) is 2.29. The Kier molecular flexibility index (Phi) is 3.91. The predicted molar refractivity (Wildman–Crippen MR) is 75.0 cm³/mol. The van der Waals surface area contributed by atoms with E-state index in [9.17, 15) is 4.79 Å². The second-order valence-electron chi connectivity index (χ2n) is 4.01. The third kappa shape index (κ3) is 2.67. The van der Waals surface area contributed by atoms with Crippen molar-refractivity contribution in [1.29, 1.82) is 0 Å². The zero-order chi connectivity index (χ0) is 13.1. The van der Waals surface area contributed by atoms with Crippen LogP contribution in [0.15, 0.2) is 22.6 Å². The Morgan fingerprint density at radius 1 is 1.56 bits per heavy atom. The summed E-state index contributed by atoms with van der Waals surface area (Å²) in [5.74, 6) is 0.715. The van der Waals surface area contributed by atoms with Crippen LogP contribution in [0.1, 0.15) is 19.7 Å². The molecule has 18 heavy (non-hydrogen) atoms. The quantitative estimate of drug-likeness (QED) is 0.922. The molecular formula is C13H16N2O2S. The highest BCUT2D eigenvalue weighted by molar-refractivity contribution is 7.99. The van der Waals surface area contributed by atoms with Crippen LogP contribution in [0.4, 0.5) is 5.69 Å². The Hall–Kier alpha value is -1.49. The summed E-state index contributed by atoms with van der Waals surface area (Å²) < 4.78 is 5.52. The van der Waals surface area contributed by atoms with Crippen LogP contribution in [0.25, 0.3) is 11.1 Å². The van der Waals surface area contributed by atoms with Crippen LogP contribution in [0.2, 0.25) is 0 Å². The van der Waals surface area contributed by atoms with E-state index < -0.39 is 0 Å². The topological polar surface area (TPSA) is 55.1 Å². The van der Waals surface area contributed by atoms with Crippen molar-refractivity contribution >= 4 is 34.5 Å². The molecule has 0 spiro atoms. The molecule has 0 aliphatic heterocycles. The molecule has 0 saturated carbocycles. The van der Waals surface area contributed by atoms with Crippen LogP contribution in [0.3, 0.4) is 0 Å². The minimum atomic E-state index is -0.0655. The number of rotatable bonds is 4. The molecule has 1 N–H and O–H groups in total. The fourth-order valence-electron chi connectivity index (χ4n) is 1.56. The van der Waals surface area contributed by atoms with Gasteiger partial charge >= 0.3 is 0 Å². The summed E-state index contributed by atoms with van der Waals surface area (Å²) in [7, 11) is 0. The Morgan fingerprint density at radius 2 is 2.33 bits per heavy atom. The number of anilines is 1. The number of hydrogen-bond acceptors (Lipinski definition) is 4. The van der Waals surface area contributed by atoms with Crippen molar-refractivity contribution in [2.75, 3.05) is 11.6 Å². The van der Waals surface area contributed by atoms with Gasteiger partial charge in [0.25, 0.3) is 0 Å². The number of carbonyl (C=O) groups is 1. The van der Waals surface area contributed by atoms with Crippen molar-refractivity contribution < 1.29 is 9.21 Å². The van der Waals surface area contributed by atoms with Gasteiger partial charge in [-0.2, -0.15) is 11.8 Å². The summed E-state index contributed by atoms with van der Waals surface area (Å²) in [5, 5.41) is 2.81. The van der Waals surface area contributed by atoms with E-state index in [4.69, 9.17) is 4.42 Å². The molecule has 1 amide bonds. The third-order valence-electron chi connectivity index (χ3n) is 2.72. The zero-order valence-electron chi connectivity index (χ0n) is 10.7. The molecule has 4 nitrogen and oxygen atoms in total. The van der Waals surface area contributed by atoms with E-state index in [1.165, 1.54) is 11.8 Å². The van der Waals surface area contributed by atoms with Crippen molar-refractivity contribution in [2.45, 2.75) is 25.5 Å². The van der Waals surface area contributed by atoms with E-state index in [2.05, 4.69) is 10.3 Å². The second kappa shape index (κ2) is 5.44. The fourth-order valence-corrected chi connectivity index (χ4v) is 1.83. The lowest BCUT2D eigenvalue weighted by Crippen LogP contribution is -2.21. The standard InChI is InChI=1S/C13H16N2O2S/c1-4-12-15-10-7-9(5-6-11(10)17-12)14-13(16)8(2)18-3/h5-8H,4H2,1-3H3,(H,14,16). The summed E-state index contributed by atoms with van der Waals surface area (Å²) in [6, 6.07) is 5.50. The number of oxazole rings is 1. The van der Waals surface area contributed by atoms with E-state index in [1.54, 1.807) is 0 Å². The van der Waals surface area contributed by atoms with E-state index in [0.29, 0.717) is 5.89 Å². The number of fused-ring (bicyclic) bond motifs is 1. The largest absolute Gasteiger partial charge is 0.441 e. The average molecular weight is 264 g/mol. The molecule has 5 heteroatoms. The molecule has 0 bridgehead atoms. The highest BCUT2D eigenvalue weighted by atomic mass is 32.2. The highest BCUT2D eigenvalue weighted by Gasteiger charge is 2.12. The molecule has 1 atom stereocenters. The van der Waals surface area contributed by atoms with Crippen LogP contribution in [-0.4, -0.2) is 22.4 Å².